The largest absolute Gasteiger partial charge is 0.370 e. The lowest BCUT2D eigenvalue weighted by Crippen LogP contribution is -2.30. The van der Waals surface area contributed by atoms with E-state index in [1.165, 1.54) is 24.8 Å². The number of rotatable bonds is 5. The lowest BCUT2D eigenvalue weighted by molar-refractivity contribution is 0.573. The van der Waals surface area contributed by atoms with Gasteiger partial charge in [0.2, 0.25) is 0 Å². The third-order valence-electron chi connectivity index (χ3n) is 3.94. The molecule has 0 spiro atoms. The Bertz CT molecular complexity index is 611. The molecule has 1 saturated heterocycles. The van der Waals surface area contributed by atoms with Gasteiger partial charge in [-0.15, -0.1) is 0 Å². The Morgan fingerprint density at radius 2 is 1.95 bits per heavy atom. The molecule has 0 atom stereocenters. The summed E-state index contributed by atoms with van der Waals surface area (Å²) < 4.78 is 0. The predicted molar refractivity (Wildman–Crippen MR) is 91.7 cm³/mol. The number of nitrogens with one attached hydrogen (secondary N) is 1. The molecule has 1 fully saturated rings. The average Bonchev–Trinajstić information content (AvgIpc) is 2.56. The normalized spacial score (nSPS) is 14.9. The van der Waals surface area contributed by atoms with Crippen molar-refractivity contribution in [2.24, 2.45) is 0 Å². The Balaban J connectivity index is 1.56. The maximum atomic E-state index is 6.00. The van der Waals surface area contributed by atoms with Gasteiger partial charge in [0.25, 0.3) is 0 Å². The minimum absolute atomic E-state index is 0.784. The maximum absolute atomic E-state index is 6.00. The van der Waals surface area contributed by atoms with Crippen LogP contribution in [0.2, 0.25) is 5.02 Å². The van der Waals surface area contributed by atoms with Crippen LogP contribution in [0.15, 0.2) is 36.7 Å². The summed E-state index contributed by atoms with van der Waals surface area (Å²) in [5.74, 6) is 1.91. The minimum atomic E-state index is 0.784. The molecule has 0 amide bonds. The first-order chi connectivity index (χ1) is 10.8. The lowest BCUT2D eigenvalue weighted by atomic mass is 10.1. The molecule has 1 aromatic heterocycles. The zero-order valence-corrected chi connectivity index (χ0v) is 13.4. The van der Waals surface area contributed by atoms with Gasteiger partial charge in [-0.2, -0.15) is 0 Å². The van der Waals surface area contributed by atoms with Crippen molar-refractivity contribution in [2.75, 3.05) is 29.9 Å². The summed E-state index contributed by atoms with van der Waals surface area (Å²) in [6.07, 6.45) is 6.39. The van der Waals surface area contributed by atoms with Crippen molar-refractivity contribution in [3.63, 3.8) is 0 Å². The Morgan fingerprint density at radius 1 is 1.09 bits per heavy atom. The maximum Gasteiger partial charge on any atom is 0.134 e. The van der Waals surface area contributed by atoms with Crippen molar-refractivity contribution < 1.29 is 0 Å². The van der Waals surface area contributed by atoms with Crippen LogP contribution in [0.1, 0.15) is 24.8 Å². The van der Waals surface area contributed by atoms with E-state index in [1.807, 2.05) is 24.3 Å². The van der Waals surface area contributed by atoms with Gasteiger partial charge in [-0.25, -0.2) is 9.97 Å². The van der Waals surface area contributed by atoms with Gasteiger partial charge in [0.15, 0.2) is 0 Å². The fourth-order valence-electron chi connectivity index (χ4n) is 2.77. The van der Waals surface area contributed by atoms with Crippen molar-refractivity contribution in [3.8, 4) is 0 Å². The van der Waals surface area contributed by atoms with Crippen molar-refractivity contribution in [1.29, 1.82) is 0 Å². The van der Waals surface area contributed by atoms with E-state index in [4.69, 9.17) is 11.6 Å². The number of piperidine rings is 1. The second-order valence-electron chi connectivity index (χ2n) is 5.62. The van der Waals surface area contributed by atoms with E-state index in [1.54, 1.807) is 6.33 Å². The highest BCUT2D eigenvalue weighted by Crippen LogP contribution is 2.19. The van der Waals surface area contributed by atoms with Crippen LogP contribution >= 0.6 is 11.6 Å². The molecule has 1 N–H and O–H groups in total. The zero-order chi connectivity index (χ0) is 15.2. The molecule has 0 unspecified atom stereocenters. The van der Waals surface area contributed by atoms with E-state index in [-0.39, 0.29) is 0 Å². The van der Waals surface area contributed by atoms with E-state index in [0.717, 1.165) is 42.7 Å². The summed E-state index contributed by atoms with van der Waals surface area (Å²) in [5.41, 5.74) is 1.23. The van der Waals surface area contributed by atoms with Gasteiger partial charge >= 0.3 is 0 Å². The monoisotopic (exact) mass is 316 g/mol. The van der Waals surface area contributed by atoms with E-state index < -0.39 is 0 Å². The van der Waals surface area contributed by atoms with Crippen LogP contribution in [0.3, 0.4) is 0 Å². The summed E-state index contributed by atoms with van der Waals surface area (Å²) in [6, 6.07) is 10.0. The third kappa shape index (κ3) is 4.10. The predicted octanol–water partition coefficient (Wildman–Crippen LogP) is 3.77. The van der Waals surface area contributed by atoms with Crippen LogP contribution in [0.4, 0.5) is 11.6 Å². The molecule has 0 saturated carbocycles. The first-order valence-corrected chi connectivity index (χ1v) is 8.24. The molecule has 5 heteroatoms. The molecule has 2 heterocycles. The van der Waals surface area contributed by atoms with Gasteiger partial charge in [-0.1, -0.05) is 23.7 Å². The van der Waals surface area contributed by atoms with Crippen LogP contribution in [0, 0.1) is 0 Å². The van der Waals surface area contributed by atoms with Gasteiger partial charge in [0, 0.05) is 30.7 Å². The summed E-state index contributed by atoms with van der Waals surface area (Å²) >= 11 is 6.00. The molecule has 0 aliphatic carbocycles. The highest BCUT2D eigenvalue weighted by molar-refractivity contribution is 6.30. The summed E-state index contributed by atoms with van der Waals surface area (Å²) in [6.45, 7) is 3.02. The Kier molecular flexibility index (Phi) is 5.11. The third-order valence-corrected chi connectivity index (χ3v) is 4.18. The summed E-state index contributed by atoms with van der Waals surface area (Å²) in [5, 5.41) is 4.16. The minimum Gasteiger partial charge on any atom is -0.370 e. The van der Waals surface area contributed by atoms with Crippen molar-refractivity contribution in [1.82, 2.24) is 9.97 Å². The molecule has 0 bridgehead atoms. The standard InChI is InChI=1S/C17H21ClN4/c18-15-6-4-5-14(11-15)7-8-19-16-12-17(21-13-20-16)22-9-2-1-3-10-22/h4-6,11-13H,1-3,7-10H2,(H,19,20,21). The molecule has 1 aliphatic heterocycles. The molecule has 1 aliphatic rings. The second-order valence-corrected chi connectivity index (χ2v) is 6.05. The molecule has 0 radical (unpaired) electrons. The number of anilines is 2. The number of hydrogen-bond acceptors (Lipinski definition) is 4. The van der Waals surface area contributed by atoms with E-state index in [0.29, 0.717) is 0 Å². The number of halogens is 1. The van der Waals surface area contributed by atoms with E-state index >= 15 is 0 Å². The smallest absolute Gasteiger partial charge is 0.134 e. The van der Waals surface area contributed by atoms with E-state index in [9.17, 15) is 0 Å². The van der Waals surface area contributed by atoms with Gasteiger partial charge in [-0.05, 0) is 43.4 Å². The molecular weight excluding hydrogens is 296 g/mol. The van der Waals surface area contributed by atoms with Crippen LogP contribution in [-0.2, 0) is 6.42 Å². The molecular formula is C17H21ClN4. The van der Waals surface area contributed by atoms with Crippen molar-refractivity contribution >= 4 is 23.2 Å². The quantitative estimate of drug-likeness (QED) is 0.911. The Labute approximate surface area is 136 Å². The Morgan fingerprint density at radius 3 is 2.77 bits per heavy atom. The second kappa shape index (κ2) is 7.45. The number of aromatic nitrogens is 2. The molecule has 2 aromatic rings. The van der Waals surface area contributed by atoms with Crippen molar-refractivity contribution in [3.05, 3.63) is 47.2 Å². The van der Waals surface area contributed by atoms with Gasteiger partial charge in [0.1, 0.15) is 18.0 Å². The van der Waals surface area contributed by atoms with Crippen LogP contribution in [0.25, 0.3) is 0 Å². The molecule has 116 valence electrons. The van der Waals surface area contributed by atoms with Gasteiger partial charge in [0.05, 0.1) is 0 Å². The SMILES string of the molecule is Clc1cccc(CCNc2cc(N3CCCCC3)ncn2)c1. The van der Waals surface area contributed by atoms with E-state index in [2.05, 4.69) is 26.3 Å². The first kappa shape index (κ1) is 15.1. The summed E-state index contributed by atoms with van der Waals surface area (Å²) in [4.78, 5) is 11.0. The highest BCUT2D eigenvalue weighted by Gasteiger charge is 2.12. The van der Waals surface area contributed by atoms with Crippen molar-refractivity contribution in [2.45, 2.75) is 25.7 Å². The average molecular weight is 317 g/mol. The number of hydrogen-bond donors (Lipinski definition) is 1. The van der Waals surface area contributed by atoms with Gasteiger partial charge < -0.3 is 10.2 Å². The number of nitrogens with zero attached hydrogens (tertiary/aromatic N) is 3. The van der Waals surface area contributed by atoms with Crippen LogP contribution in [-0.4, -0.2) is 29.6 Å². The van der Waals surface area contributed by atoms with Gasteiger partial charge in [-0.3, -0.25) is 0 Å². The zero-order valence-electron chi connectivity index (χ0n) is 12.6. The fourth-order valence-corrected chi connectivity index (χ4v) is 2.98. The first-order valence-electron chi connectivity index (χ1n) is 7.86. The molecule has 1 aromatic carbocycles. The molecule has 3 rings (SSSR count). The number of benzene rings is 1. The fraction of sp³-hybridized carbons (Fsp3) is 0.412. The highest BCUT2D eigenvalue weighted by atomic mass is 35.5. The topological polar surface area (TPSA) is 41.0 Å². The van der Waals surface area contributed by atoms with Crippen LogP contribution < -0.4 is 10.2 Å². The molecule has 22 heavy (non-hydrogen) atoms. The lowest BCUT2D eigenvalue weighted by Gasteiger charge is -2.27. The Hall–Kier alpha value is -1.81. The summed E-state index contributed by atoms with van der Waals surface area (Å²) in [7, 11) is 0. The molecule has 4 nitrogen and oxygen atoms in total. The van der Waals surface area contributed by atoms with Crippen LogP contribution in [0.5, 0.6) is 0 Å².